The van der Waals surface area contributed by atoms with Crippen molar-refractivity contribution in [2.75, 3.05) is 31.7 Å². The topological polar surface area (TPSA) is 54.5 Å². The fourth-order valence-electron chi connectivity index (χ4n) is 2.75. The summed E-state index contributed by atoms with van der Waals surface area (Å²) in [5.41, 5.74) is -0.757. The van der Waals surface area contributed by atoms with Crippen LogP contribution in [0.3, 0.4) is 0 Å². The van der Waals surface area contributed by atoms with Crippen molar-refractivity contribution in [2.45, 2.75) is 19.1 Å². The fourth-order valence-corrected chi connectivity index (χ4v) is 3.76. The molecule has 25 heavy (non-hydrogen) atoms. The zero-order valence-corrected chi connectivity index (χ0v) is 14.6. The monoisotopic (exact) mass is 373 g/mol. The second-order valence-electron chi connectivity index (χ2n) is 6.11. The number of carbonyl (C=O) groups excluding carboxylic acids is 1. The molecule has 2 heterocycles. The van der Waals surface area contributed by atoms with Gasteiger partial charge in [0.2, 0.25) is 5.91 Å². The van der Waals surface area contributed by atoms with Crippen LogP contribution >= 0.6 is 11.3 Å². The van der Waals surface area contributed by atoms with E-state index >= 15 is 0 Å². The molecule has 1 fully saturated rings. The number of halogens is 3. The number of fused-ring (bicyclic) bond motifs is 1. The molecule has 1 amide bonds. The molecule has 0 aliphatic carbocycles. The van der Waals surface area contributed by atoms with Crippen LogP contribution in [-0.2, 0) is 15.7 Å². The minimum atomic E-state index is -4.43. The van der Waals surface area contributed by atoms with E-state index in [0.717, 1.165) is 6.07 Å². The Balaban J connectivity index is 1.68. The summed E-state index contributed by atoms with van der Waals surface area (Å²) in [6, 6.07) is 3.97. The third-order valence-corrected chi connectivity index (χ3v) is 5.12. The summed E-state index contributed by atoms with van der Waals surface area (Å²) in [4.78, 5) is 18.1. The van der Waals surface area contributed by atoms with Crippen LogP contribution < -0.4 is 10.2 Å². The van der Waals surface area contributed by atoms with Gasteiger partial charge in [0.15, 0.2) is 5.13 Å². The predicted octanol–water partition coefficient (Wildman–Crippen LogP) is 2.90. The lowest BCUT2D eigenvalue weighted by molar-refractivity contribution is -0.136. The smallest absolute Gasteiger partial charge is 0.383 e. The highest BCUT2D eigenvalue weighted by Gasteiger charge is 2.37. The van der Waals surface area contributed by atoms with Gasteiger partial charge in [0.1, 0.15) is 0 Å². The molecule has 1 aliphatic heterocycles. The highest BCUT2D eigenvalue weighted by Crippen LogP contribution is 2.39. The lowest BCUT2D eigenvalue weighted by Gasteiger charge is -2.38. The quantitative estimate of drug-likeness (QED) is 0.876. The zero-order chi connectivity index (χ0) is 18.2. The van der Waals surface area contributed by atoms with Crippen LogP contribution in [0.15, 0.2) is 18.2 Å². The molecular formula is C16H18F3N3O2S. The second-order valence-corrected chi connectivity index (χ2v) is 7.12. The molecule has 1 aromatic carbocycles. The Hall–Kier alpha value is -1.87. The van der Waals surface area contributed by atoms with Crippen molar-refractivity contribution in [3.63, 3.8) is 0 Å². The van der Waals surface area contributed by atoms with E-state index < -0.39 is 11.7 Å². The molecule has 0 saturated carbocycles. The first kappa shape index (κ1) is 17.9. The van der Waals surface area contributed by atoms with Crippen molar-refractivity contribution in [2.24, 2.45) is 5.92 Å². The molecule has 1 atom stereocenters. The molecule has 0 radical (unpaired) electrons. The molecule has 0 bridgehead atoms. The number of alkyl halides is 3. The van der Waals surface area contributed by atoms with Gasteiger partial charge in [-0.25, -0.2) is 4.98 Å². The normalized spacial score (nSPS) is 16.8. The minimum absolute atomic E-state index is 0.0309. The minimum Gasteiger partial charge on any atom is -0.383 e. The van der Waals surface area contributed by atoms with Gasteiger partial charge in [-0.15, -0.1) is 0 Å². The number of para-hydroxylation sites is 1. The third-order valence-electron chi connectivity index (χ3n) is 4.04. The number of aromatic nitrogens is 1. The lowest BCUT2D eigenvalue weighted by atomic mass is 10.00. The van der Waals surface area contributed by atoms with Gasteiger partial charge in [-0.1, -0.05) is 17.4 Å². The molecule has 5 nitrogen and oxygen atoms in total. The van der Waals surface area contributed by atoms with E-state index in [1.807, 2.05) is 11.8 Å². The Morgan fingerprint density at radius 3 is 2.84 bits per heavy atom. The number of hydrogen-bond acceptors (Lipinski definition) is 5. The molecule has 1 aliphatic rings. The summed E-state index contributed by atoms with van der Waals surface area (Å²) >= 11 is 1.21. The molecular weight excluding hydrogens is 355 g/mol. The summed E-state index contributed by atoms with van der Waals surface area (Å²) < 4.78 is 44.7. The predicted molar refractivity (Wildman–Crippen MR) is 89.8 cm³/mol. The van der Waals surface area contributed by atoms with Gasteiger partial charge in [0, 0.05) is 26.2 Å². The number of ether oxygens (including phenoxy) is 1. The van der Waals surface area contributed by atoms with Crippen molar-refractivity contribution in [3.05, 3.63) is 23.8 Å². The third kappa shape index (κ3) is 3.72. The van der Waals surface area contributed by atoms with Crippen molar-refractivity contribution in [1.29, 1.82) is 0 Å². The van der Waals surface area contributed by atoms with Crippen LogP contribution in [0.25, 0.3) is 10.2 Å². The average Bonchev–Trinajstić information content (AvgIpc) is 2.87. The van der Waals surface area contributed by atoms with Crippen LogP contribution in [0, 0.1) is 5.92 Å². The Labute approximate surface area is 146 Å². The molecule has 0 spiro atoms. The largest absolute Gasteiger partial charge is 0.418 e. The van der Waals surface area contributed by atoms with E-state index in [9.17, 15) is 18.0 Å². The van der Waals surface area contributed by atoms with E-state index in [-0.39, 0.29) is 23.4 Å². The van der Waals surface area contributed by atoms with E-state index in [2.05, 4.69) is 10.3 Å². The van der Waals surface area contributed by atoms with Gasteiger partial charge in [-0.3, -0.25) is 4.79 Å². The summed E-state index contributed by atoms with van der Waals surface area (Å²) in [7, 11) is 1.57. The molecule has 9 heteroatoms. The molecule has 3 rings (SSSR count). The molecule has 2 aromatic rings. The van der Waals surface area contributed by atoms with E-state index in [1.54, 1.807) is 13.2 Å². The number of thiazole rings is 1. The first-order chi connectivity index (χ1) is 11.8. The SMILES string of the molecule is COC[C@@H](C)NC(=O)C1CN(c2nc3c(C(F)(F)F)cccc3s2)C1. The number of methoxy groups -OCH3 is 1. The average molecular weight is 373 g/mol. The number of hydrogen-bond donors (Lipinski definition) is 1. The van der Waals surface area contributed by atoms with Gasteiger partial charge in [0.05, 0.1) is 28.3 Å². The van der Waals surface area contributed by atoms with Gasteiger partial charge in [-0.2, -0.15) is 13.2 Å². The van der Waals surface area contributed by atoms with E-state index in [1.165, 1.54) is 17.4 Å². The summed E-state index contributed by atoms with van der Waals surface area (Å²) in [6.07, 6.45) is -4.43. The van der Waals surface area contributed by atoms with Crippen molar-refractivity contribution < 1.29 is 22.7 Å². The number of amides is 1. The first-order valence-electron chi connectivity index (χ1n) is 7.80. The van der Waals surface area contributed by atoms with Crippen LogP contribution in [0.2, 0.25) is 0 Å². The zero-order valence-electron chi connectivity index (χ0n) is 13.8. The maximum Gasteiger partial charge on any atom is 0.418 e. The maximum atomic E-state index is 13.1. The van der Waals surface area contributed by atoms with Crippen molar-refractivity contribution in [3.8, 4) is 0 Å². The van der Waals surface area contributed by atoms with E-state index in [4.69, 9.17) is 4.74 Å². The number of rotatable bonds is 5. The molecule has 1 aromatic heterocycles. The van der Waals surface area contributed by atoms with Gasteiger partial charge in [0.25, 0.3) is 0 Å². The Bertz CT molecular complexity index is 772. The van der Waals surface area contributed by atoms with E-state index in [0.29, 0.717) is 29.5 Å². The van der Waals surface area contributed by atoms with Crippen LogP contribution in [0.5, 0.6) is 0 Å². The van der Waals surface area contributed by atoms with Gasteiger partial charge >= 0.3 is 6.18 Å². The van der Waals surface area contributed by atoms with Crippen LogP contribution in [0.4, 0.5) is 18.3 Å². The molecule has 1 saturated heterocycles. The molecule has 1 N–H and O–H groups in total. The standard InChI is InChI=1S/C16H18F3N3O2S/c1-9(8-24-2)20-14(23)10-6-22(7-10)15-21-13-11(16(17,18)19)4-3-5-12(13)25-15/h3-5,9-10H,6-8H2,1-2H3,(H,20,23)/t9-/m1/s1. The number of anilines is 1. The number of nitrogens with one attached hydrogen (secondary N) is 1. The number of nitrogens with zero attached hydrogens (tertiary/aromatic N) is 2. The van der Waals surface area contributed by atoms with Crippen molar-refractivity contribution >= 4 is 32.6 Å². The Kier molecular flexibility index (Phi) is 4.88. The Morgan fingerprint density at radius 2 is 2.20 bits per heavy atom. The van der Waals surface area contributed by atoms with Crippen molar-refractivity contribution in [1.82, 2.24) is 10.3 Å². The highest BCUT2D eigenvalue weighted by molar-refractivity contribution is 7.22. The summed E-state index contributed by atoms with van der Waals surface area (Å²) in [6.45, 7) is 3.18. The van der Waals surface area contributed by atoms with Crippen LogP contribution in [-0.4, -0.2) is 43.7 Å². The fraction of sp³-hybridized carbons (Fsp3) is 0.500. The first-order valence-corrected chi connectivity index (χ1v) is 8.62. The van der Waals surface area contributed by atoms with Gasteiger partial charge in [-0.05, 0) is 19.1 Å². The van der Waals surface area contributed by atoms with Gasteiger partial charge < -0.3 is 15.0 Å². The molecule has 136 valence electrons. The number of carbonyl (C=O) groups is 1. The number of benzene rings is 1. The summed E-state index contributed by atoms with van der Waals surface area (Å²) in [5, 5.41) is 3.37. The Morgan fingerprint density at radius 1 is 1.48 bits per heavy atom. The lowest BCUT2D eigenvalue weighted by Crippen LogP contribution is -2.55. The maximum absolute atomic E-state index is 13.1. The van der Waals surface area contributed by atoms with Crippen LogP contribution in [0.1, 0.15) is 12.5 Å². The second kappa shape index (κ2) is 6.80. The summed E-state index contributed by atoms with van der Waals surface area (Å²) in [5.74, 6) is -0.258. The highest BCUT2D eigenvalue weighted by atomic mass is 32.1. The molecule has 0 unspecified atom stereocenters.